The summed E-state index contributed by atoms with van der Waals surface area (Å²) in [6.07, 6.45) is 1.90. The lowest BCUT2D eigenvalue weighted by Crippen LogP contribution is -2.36. The van der Waals surface area contributed by atoms with Crippen LogP contribution in [-0.2, 0) is 0 Å². The van der Waals surface area contributed by atoms with Gasteiger partial charge in [-0.05, 0) is 38.0 Å². The van der Waals surface area contributed by atoms with Gasteiger partial charge in [-0.25, -0.2) is 9.59 Å². The van der Waals surface area contributed by atoms with E-state index in [4.69, 9.17) is 5.11 Å². The van der Waals surface area contributed by atoms with E-state index < -0.39 is 5.97 Å². The van der Waals surface area contributed by atoms with Crippen LogP contribution < -0.4 is 10.6 Å². The molecule has 1 aromatic carbocycles. The topological polar surface area (TPSA) is 78.4 Å². The molecule has 0 saturated heterocycles. The molecule has 1 aromatic rings. The fourth-order valence-corrected chi connectivity index (χ4v) is 1.89. The third-order valence-electron chi connectivity index (χ3n) is 2.91. The summed E-state index contributed by atoms with van der Waals surface area (Å²) in [6.45, 7) is 5.66. The Labute approximate surface area is 113 Å². The van der Waals surface area contributed by atoms with Gasteiger partial charge in [-0.1, -0.05) is 19.4 Å². The first kappa shape index (κ1) is 15.0. The van der Waals surface area contributed by atoms with E-state index in [1.807, 2.05) is 6.92 Å². The Balaban J connectivity index is 2.75. The van der Waals surface area contributed by atoms with Gasteiger partial charge in [0.1, 0.15) is 0 Å². The number of aromatic carboxylic acids is 1. The zero-order valence-corrected chi connectivity index (χ0v) is 11.5. The number of anilines is 1. The van der Waals surface area contributed by atoms with Gasteiger partial charge in [-0.15, -0.1) is 0 Å². The van der Waals surface area contributed by atoms with Crippen molar-refractivity contribution in [3.05, 3.63) is 29.3 Å². The number of urea groups is 1. The number of rotatable bonds is 5. The number of hydrogen-bond acceptors (Lipinski definition) is 2. The molecule has 0 fully saturated rings. The summed E-state index contributed by atoms with van der Waals surface area (Å²) in [7, 11) is 0. The molecule has 1 rings (SSSR count). The van der Waals surface area contributed by atoms with E-state index in [1.54, 1.807) is 19.1 Å². The van der Waals surface area contributed by atoms with Crippen LogP contribution in [0.3, 0.4) is 0 Å². The first-order valence-corrected chi connectivity index (χ1v) is 6.36. The van der Waals surface area contributed by atoms with E-state index in [2.05, 4.69) is 17.6 Å². The highest BCUT2D eigenvalue weighted by Crippen LogP contribution is 2.18. The average molecular weight is 264 g/mol. The van der Waals surface area contributed by atoms with Crippen molar-refractivity contribution in [2.75, 3.05) is 5.32 Å². The van der Waals surface area contributed by atoms with Crippen LogP contribution in [0, 0.1) is 6.92 Å². The summed E-state index contributed by atoms with van der Waals surface area (Å²) in [4.78, 5) is 22.8. The van der Waals surface area contributed by atoms with Gasteiger partial charge in [0.2, 0.25) is 0 Å². The molecule has 0 saturated carbocycles. The Morgan fingerprint density at radius 1 is 1.37 bits per heavy atom. The van der Waals surface area contributed by atoms with Gasteiger partial charge >= 0.3 is 12.0 Å². The maximum absolute atomic E-state index is 11.8. The van der Waals surface area contributed by atoms with Gasteiger partial charge in [-0.3, -0.25) is 0 Å². The van der Waals surface area contributed by atoms with Crippen molar-refractivity contribution < 1.29 is 14.7 Å². The lowest BCUT2D eigenvalue weighted by molar-refractivity contribution is 0.0696. The van der Waals surface area contributed by atoms with Crippen LogP contribution in [0.1, 0.15) is 42.6 Å². The summed E-state index contributed by atoms with van der Waals surface area (Å²) < 4.78 is 0. The molecular weight excluding hydrogens is 244 g/mol. The lowest BCUT2D eigenvalue weighted by atomic mass is 10.1. The Kier molecular flexibility index (Phi) is 5.36. The second-order valence-corrected chi connectivity index (χ2v) is 4.57. The number of carbonyl (C=O) groups excluding carboxylic acids is 1. The Morgan fingerprint density at radius 2 is 2.05 bits per heavy atom. The molecule has 0 bridgehead atoms. The molecule has 104 valence electrons. The van der Waals surface area contributed by atoms with Crippen LogP contribution in [0.25, 0.3) is 0 Å². The van der Waals surface area contributed by atoms with E-state index in [0.717, 1.165) is 12.8 Å². The lowest BCUT2D eigenvalue weighted by Gasteiger charge is -2.15. The molecule has 1 atom stereocenters. The minimum absolute atomic E-state index is 0.0907. The molecule has 0 spiro atoms. The predicted octanol–water partition coefficient (Wildman–Crippen LogP) is 3.00. The van der Waals surface area contributed by atoms with Crippen molar-refractivity contribution in [3.63, 3.8) is 0 Å². The molecule has 0 heterocycles. The van der Waals surface area contributed by atoms with E-state index >= 15 is 0 Å². The zero-order valence-electron chi connectivity index (χ0n) is 11.5. The molecule has 0 aromatic heterocycles. The summed E-state index contributed by atoms with van der Waals surface area (Å²) in [5, 5.41) is 14.5. The third-order valence-corrected chi connectivity index (χ3v) is 2.91. The van der Waals surface area contributed by atoms with E-state index in [1.165, 1.54) is 6.07 Å². The molecule has 1 unspecified atom stereocenters. The predicted molar refractivity (Wildman–Crippen MR) is 74.7 cm³/mol. The monoisotopic (exact) mass is 264 g/mol. The number of hydrogen-bond donors (Lipinski definition) is 3. The smallest absolute Gasteiger partial charge is 0.336 e. The first-order valence-electron chi connectivity index (χ1n) is 6.36. The highest BCUT2D eigenvalue weighted by atomic mass is 16.4. The summed E-state index contributed by atoms with van der Waals surface area (Å²) in [6, 6.07) is 4.59. The molecular formula is C14H20N2O3. The van der Waals surface area contributed by atoms with Crippen molar-refractivity contribution in [2.45, 2.75) is 39.7 Å². The van der Waals surface area contributed by atoms with E-state index in [-0.39, 0.29) is 17.6 Å². The van der Waals surface area contributed by atoms with Crippen LogP contribution in [0.2, 0.25) is 0 Å². The highest BCUT2D eigenvalue weighted by molar-refractivity contribution is 5.95. The quantitative estimate of drug-likeness (QED) is 0.765. The Bertz CT molecular complexity index is 472. The second-order valence-electron chi connectivity index (χ2n) is 4.57. The average Bonchev–Trinajstić information content (AvgIpc) is 2.31. The Hall–Kier alpha value is -2.04. The minimum atomic E-state index is -0.999. The van der Waals surface area contributed by atoms with Gasteiger partial charge in [0.25, 0.3) is 0 Å². The van der Waals surface area contributed by atoms with Gasteiger partial charge in [0.05, 0.1) is 5.56 Å². The van der Waals surface area contributed by atoms with Crippen molar-refractivity contribution in [1.82, 2.24) is 5.32 Å². The second kappa shape index (κ2) is 6.78. The summed E-state index contributed by atoms with van der Waals surface area (Å²) >= 11 is 0. The van der Waals surface area contributed by atoms with Crippen LogP contribution in [-0.4, -0.2) is 23.1 Å². The normalized spacial score (nSPS) is 11.7. The van der Waals surface area contributed by atoms with Crippen molar-refractivity contribution in [1.29, 1.82) is 0 Å². The molecule has 2 amide bonds. The third kappa shape index (κ3) is 4.28. The molecule has 0 radical (unpaired) electrons. The SMILES string of the molecule is CCCC(C)NC(=O)Nc1cccc(C(=O)O)c1C. The van der Waals surface area contributed by atoms with E-state index in [9.17, 15) is 9.59 Å². The molecule has 3 N–H and O–H groups in total. The largest absolute Gasteiger partial charge is 0.478 e. The number of carboxylic acids is 1. The van der Waals surface area contributed by atoms with Gasteiger partial charge in [0.15, 0.2) is 0 Å². The highest BCUT2D eigenvalue weighted by Gasteiger charge is 2.12. The standard InChI is InChI=1S/C14H20N2O3/c1-4-6-9(2)15-14(19)16-12-8-5-7-11(10(12)3)13(17)18/h5,7-9H,4,6H2,1-3H3,(H,17,18)(H2,15,16,19). The zero-order chi connectivity index (χ0) is 14.4. The fourth-order valence-electron chi connectivity index (χ4n) is 1.89. The number of benzene rings is 1. The number of carbonyl (C=O) groups is 2. The Morgan fingerprint density at radius 3 is 2.63 bits per heavy atom. The number of amides is 2. The number of carboxylic acid groups (broad SMARTS) is 1. The van der Waals surface area contributed by atoms with Crippen LogP contribution in [0.4, 0.5) is 10.5 Å². The van der Waals surface area contributed by atoms with Crippen molar-refractivity contribution >= 4 is 17.7 Å². The summed E-state index contributed by atoms with van der Waals surface area (Å²) in [5.41, 5.74) is 1.26. The molecule has 0 aliphatic heterocycles. The fraction of sp³-hybridized carbons (Fsp3) is 0.429. The molecule has 0 aliphatic rings. The van der Waals surface area contributed by atoms with Gasteiger partial charge < -0.3 is 15.7 Å². The van der Waals surface area contributed by atoms with Crippen LogP contribution in [0.15, 0.2) is 18.2 Å². The van der Waals surface area contributed by atoms with Gasteiger partial charge in [0, 0.05) is 11.7 Å². The van der Waals surface area contributed by atoms with Gasteiger partial charge in [-0.2, -0.15) is 0 Å². The molecule has 5 nitrogen and oxygen atoms in total. The summed E-state index contributed by atoms with van der Waals surface area (Å²) in [5.74, 6) is -0.999. The molecule has 0 aliphatic carbocycles. The van der Waals surface area contributed by atoms with Crippen molar-refractivity contribution in [2.24, 2.45) is 0 Å². The van der Waals surface area contributed by atoms with Crippen molar-refractivity contribution in [3.8, 4) is 0 Å². The van der Waals surface area contributed by atoms with Crippen LogP contribution in [0.5, 0.6) is 0 Å². The molecule has 5 heteroatoms. The maximum Gasteiger partial charge on any atom is 0.336 e. The first-order chi connectivity index (χ1) is 8.95. The maximum atomic E-state index is 11.8. The molecule has 19 heavy (non-hydrogen) atoms. The minimum Gasteiger partial charge on any atom is -0.478 e. The van der Waals surface area contributed by atoms with E-state index in [0.29, 0.717) is 11.3 Å². The van der Waals surface area contributed by atoms with Crippen LogP contribution >= 0.6 is 0 Å². The number of nitrogens with one attached hydrogen (secondary N) is 2.